The van der Waals surface area contributed by atoms with Crippen molar-refractivity contribution in [3.05, 3.63) is 64.9 Å². The van der Waals surface area contributed by atoms with Crippen molar-refractivity contribution >= 4 is 11.6 Å². The molecule has 0 aliphatic heterocycles. The predicted octanol–water partition coefficient (Wildman–Crippen LogP) is 3.98. The van der Waals surface area contributed by atoms with Crippen molar-refractivity contribution < 1.29 is 0 Å². The highest BCUT2D eigenvalue weighted by molar-refractivity contribution is 6.30. The van der Waals surface area contributed by atoms with Crippen molar-refractivity contribution in [1.29, 1.82) is 0 Å². The van der Waals surface area contributed by atoms with E-state index >= 15 is 0 Å². The standard InChI is InChI=1S/C15H17ClN2/c1-2-15(13-3-5-14(16)6-4-13)18-11-12-7-9-17-10-8-12/h3-10,15,18H,2,11H2,1H3. The molecule has 94 valence electrons. The first kappa shape index (κ1) is 13.1. The summed E-state index contributed by atoms with van der Waals surface area (Å²) in [6, 6.07) is 12.5. The summed E-state index contributed by atoms with van der Waals surface area (Å²) >= 11 is 5.91. The molecule has 18 heavy (non-hydrogen) atoms. The zero-order valence-corrected chi connectivity index (χ0v) is 11.2. The Morgan fingerprint density at radius 3 is 2.39 bits per heavy atom. The van der Waals surface area contributed by atoms with Gasteiger partial charge in [-0.15, -0.1) is 0 Å². The van der Waals surface area contributed by atoms with Gasteiger partial charge < -0.3 is 5.32 Å². The lowest BCUT2D eigenvalue weighted by molar-refractivity contribution is 0.519. The Balaban J connectivity index is 1.99. The maximum absolute atomic E-state index is 5.91. The molecule has 2 nitrogen and oxygen atoms in total. The molecule has 0 radical (unpaired) electrons. The molecule has 0 spiro atoms. The summed E-state index contributed by atoms with van der Waals surface area (Å²) in [6.45, 7) is 3.03. The van der Waals surface area contributed by atoms with E-state index in [1.54, 1.807) is 0 Å². The Hall–Kier alpha value is -1.38. The third-order valence-corrected chi connectivity index (χ3v) is 3.23. The van der Waals surface area contributed by atoms with Crippen molar-refractivity contribution in [1.82, 2.24) is 10.3 Å². The normalized spacial score (nSPS) is 12.3. The molecule has 1 aromatic heterocycles. The molecule has 2 rings (SSSR count). The summed E-state index contributed by atoms with van der Waals surface area (Å²) in [5.74, 6) is 0. The summed E-state index contributed by atoms with van der Waals surface area (Å²) in [6.07, 6.45) is 4.69. The predicted molar refractivity (Wildman–Crippen MR) is 75.6 cm³/mol. The average Bonchev–Trinajstić information content (AvgIpc) is 2.42. The molecule has 0 saturated heterocycles. The molecule has 1 N–H and O–H groups in total. The van der Waals surface area contributed by atoms with E-state index in [2.05, 4.69) is 29.4 Å². The minimum atomic E-state index is 0.357. The van der Waals surface area contributed by atoms with Crippen molar-refractivity contribution in [2.24, 2.45) is 0 Å². The molecule has 1 atom stereocenters. The van der Waals surface area contributed by atoms with E-state index in [-0.39, 0.29) is 0 Å². The first-order valence-corrected chi connectivity index (χ1v) is 6.55. The fourth-order valence-electron chi connectivity index (χ4n) is 1.93. The van der Waals surface area contributed by atoms with Gasteiger partial charge in [-0.2, -0.15) is 0 Å². The van der Waals surface area contributed by atoms with Crippen LogP contribution in [0.2, 0.25) is 5.02 Å². The second kappa shape index (κ2) is 6.53. The van der Waals surface area contributed by atoms with Gasteiger partial charge in [0.15, 0.2) is 0 Å². The topological polar surface area (TPSA) is 24.9 Å². The van der Waals surface area contributed by atoms with Crippen LogP contribution in [0, 0.1) is 0 Å². The van der Waals surface area contributed by atoms with Crippen LogP contribution in [0.1, 0.15) is 30.5 Å². The molecular formula is C15H17ClN2. The summed E-state index contributed by atoms with van der Waals surface area (Å²) in [5.41, 5.74) is 2.52. The number of benzene rings is 1. The summed E-state index contributed by atoms with van der Waals surface area (Å²) in [5, 5.41) is 4.33. The van der Waals surface area contributed by atoms with Crippen LogP contribution in [0.25, 0.3) is 0 Å². The lowest BCUT2D eigenvalue weighted by atomic mass is 10.0. The lowest BCUT2D eigenvalue weighted by Gasteiger charge is -2.17. The molecule has 0 saturated carbocycles. The second-order valence-electron chi connectivity index (χ2n) is 4.25. The molecule has 0 bridgehead atoms. The Morgan fingerprint density at radius 2 is 1.78 bits per heavy atom. The first-order valence-electron chi connectivity index (χ1n) is 6.17. The van der Waals surface area contributed by atoms with E-state index in [9.17, 15) is 0 Å². The van der Waals surface area contributed by atoms with Crippen LogP contribution in [0.5, 0.6) is 0 Å². The van der Waals surface area contributed by atoms with Crippen molar-refractivity contribution in [3.63, 3.8) is 0 Å². The molecule has 1 unspecified atom stereocenters. The summed E-state index contributed by atoms with van der Waals surface area (Å²) < 4.78 is 0. The fraction of sp³-hybridized carbons (Fsp3) is 0.267. The zero-order valence-electron chi connectivity index (χ0n) is 10.4. The van der Waals surface area contributed by atoms with Crippen LogP contribution >= 0.6 is 11.6 Å². The average molecular weight is 261 g/mol. The number of nitrogens with one attached hydrogen (secondary N) is 1. The van der Waals surface area contributed by atoms with Gasteiger partial charge >= 0.3 is 0 Å². The Labute approximate surface area is 113 Å². The quantitative estimate of drug-likeness (QED) is 0.880. The maximum atomic E-state index is 5.91. The highest BCUT2D eigenvalue weighted by atomic mass is 35.5. The van der Waals surface area contributed by atoms with Crippen molar-refractivity contribution in [2.75, 3.05) is 0 Å². The minimum absolute atomic E-state index is 0.357. The highest BCUT2D eigenvalue weighted by Crippen LogP contribution is 2.19. The summed E-state index contributed by atoms with van der Waals surface area (Å²) in [4.78, 5) is 4.02. The van der Waals surface area contributed by atoms with Gasteiger partial charge in [0.2, 0.25) is 0 Å². The van der Waals surface area contributed by atoms with Crippen LogP contribution in [-0.2, 0) is 6.54 Å². The fourth-order valence-corrected chi connectivity index (χ4v) is 2.06. The Kier molecular flexibility index (Phi) is 4.73. The third kappa shape index (κ3) is 3.56. The van der Waals surface area contributed by atoms with Crippen molar-refractivity contribution in [2.45, 2.75) is 25.9 Å². The second-order valence-corrected chi connectivity index (χ2v) is 4.69. The molecule has 2 aromatic rings. The summed E-state index contributed by atoms with van der Waals surface area (Å²) in [7, 11) is 0. The maximum Gasteiger partial charge on any atom is 0.0406 e. The molecule has 0 fully saturated rings. The smallest absolute Gasteiger partial charge is 0.0406 e. The molecule has 0 aliphatic carbocycles. The monoisotopic (exact) mass is 260 g/mol. The minimum Gasteiger partial charge on any atom is -0.306 e. The SMILES string of the molecule is CCC(NCc1ccncc1)c1ccc(Cl)cc1. The Bertz CT molecular complexity index is 468. The molecular weight excluding hydrogens is 244 g/mol. The number of hydrogen-bond acceptors (Lipinski definition) is 2. The third-order valence-electron chi connectivity index (χ3n) is 2.98. The largest absolute Gasteiger partial charge is 0.306 e. The van der Waals surface area contributed by atoms with Gasteiger partial charge in [-0.3, -0.25) is 4.98 Å². The molecule has 1 aromatic carbocycles. The van der Waals surface area contributed by atoms with E-state index in [0.29, 0.717) is 6.04 Å². The molecule has 3 heteroatoms. The lowest BCUT2D eigenvalue weighted by Crippen LogP contribution is -2.20. The van der Waals surface area contributed by atoms with E-state index in [1.807, 2.05) is 36.7 Å². The number of hydrogen-bond donors (Lipinski definition) is 1. The van der Waals surface area contributed by atoms with Gasteiger partial charge in [0, 0.05) is 30.0 Å². The number of rotatable bonds is 5. The number of aromatic nitrogens is 1. The van der Waals surface area contributed by atoms with E-state index < -0.39 is 0 Å². The molecule has 0 aliphatic rings. The van der Waals surface area contributed by atoms with Crippen LogP contribution in [0.3, 0.4) is 0 Å². The van der Waals surface area contributed by atoms with Gasteiger partial charge in [-0.1, -0.05) is 30.7 Å². The van der Waals surface area contributed by atoms with Gasteiger partial charge in [0.05, 0.1) is 0 Å². The molecule has 0 amide bonds. The first-order chi connectivity index (χ1) is 8.79. The zero-order chi connectivity index (χ0) is 12.8. The van der Waals surface area contributed by atoms with E-state index in [1.165, 1.54) is 11.1 Å². The number of nitrogens with zero attached hydrogens (tertiary/aromatic N) is 1. The number of halogens is 1. The van der Waals surface area contributed by atoms with Crippen LogP contribution in [0.4, 0.5) is 0 Å². The molecule has 1 heterocycles. The van der Waals surface area contributed by atoms with Gasteiger partial charge in [0.25, 0.3) is 0 Å². The van der Waals surface area contributed by atoms with Crippen LogP contribution in [-0.4, -0.2) is 4.98 Å². The van der Waals surface area contributed by atoms with E-state index in [0.717, 1.165) is 18.0 Å². The van der Waals surface area contributed by atoms with Gasteiger partial charge in [-0.25, -0.2) is 0 Å². The van der Waals surface area contributed by atoms with Gasteiger partial charge in [-0.05, 0) is 41.8 Å². The van der Waals surface area contributed by atoms with Gasteiger partial charge in [0.1, 0.15) is 0 Å². The van der Waals surface area contributed by atoms with Crippen LogP contribution < -0.4 is 5.32 Å². The number of pyridine rings is 1. The van der Waals surface area contributed by atoms with E-state index in [4.69, 9.17) is 11.6 Å². The highest BCUT2D eigenvalue weighted by Gasteiger charge is 2.08. The van der Waals surface area contributed by atoms with Crippen LogP contribution in [0.15, 0.2) is 48.8 Å². The Morgan fingerprint density at radius 1 is 1.11 bits per heavy atom. The van der Waals surface area contributed by atoms with Crippen molar-refractivity contribution in [3.8, 4) is 0 Å².